The van der Waals surface area contributed by atoms with Crippen molar-refractivity contribution >= 4 is 38.9 Å². The molecule has 0 N–H and O–H groups in total. The summed E-state index contributed by atoms with van der Waals surface area (Å²) in [5.74, 6) is 0. The quantitative estimate of drug-likeness (QED) is 0.405. The van der Waals surface area contributed by atoms with E-state index < -0.39 is 0 Å². The lowest BCUT2D eigenvalue weighted by Crippen LogP contribution is -2.02. The van der Waals surface area contributed by atoms with E-state index in [1.165, 1.54) is 16.9 Å². The van der Waals surface area contributed by atoms with E-state index in [0.717, 1.165) is 56.8 Å². The number of aryl methyl sites for hydroxylation is 2. The Morgan fingerprint density at radius 3 is 2.55 bits per heavy atom. The molecule has 0 saturated heterocycles. The molecular formula is C24H20BrN3S. The number of nitriles is 2. The summed E-state index contributed by atoms with van der Waals surface area (Å²) >= 11 is 5.19. The molecule has 2 heterocycles. The molecule has 1 aliphatic carbocycles. The van der Waals surface area contributed by atoms with Gasteiger partial charge in [-0.15, -0.1) is 11.3 Å². The Bertz CT molecular complexity index is 1200. The maximum Gasteiger partial charge on any atom is 0.118 e. The largest absolute Gasteiger partial charge is 0.308 e. The van der Waals surface area contributed by atoms with Gasteiger partial charge >= 0.3 is 0 Å². The molecular weight excluding hydrogens is 442 g/mol. The second-order valence-electron chi connectivity index (χ2n) is 7.34. The van der Waals surface area contributed by atoms with E-state index in [0.29, 0.717) is 5.57 Å². The van der Waals surface area contributed by atoms with Crippen LogP contribution in [0, 0.1) is 36.5 Å². The summed E-state index contributed by atoms with van der Waals surface area (Å²) in [6.45, 7) is 4.13. The summed E-state index contributed by atoms with van der Waals surface area (Å²) in [6.07, 6.45) is 6.38. The Kier molecular flexibility index (Phi) is 5.46. The molecule has 0 amide bonds. The lowest BCUT2D eigenvalue weighted by molar-refractivity contribution is 0.695. The molecule has 2 aromatic heterocycles. The normalized spacial score (nSPS) is 13.6. The first kappa shape index (κ1) is 19.7. The van der Waals surface area contributed by atoms with Crippen LogP contribution in [0.3, 0.4) is 0 Å². The van der Waals surface area contributed by atoms with E-state index in [-0.39, 0.29) is 0 Å². The molecule has 0 bridgehead atoms. The second kappa shape index (κ2) is 8.03. The van der Waals surface area contributed by atoms with Gasteiger partial charge in [-0.1, -0.05) is 28.1 Å². The topological polar surface area (TPSA) is 52.5 Å². The fourth-order valence-electron chi connectivity index (χ4n) is 4.04. The number of nitrogens with zero attached hydrogens (tertiary/aromatic N) is 3. The highest BCUT2D eigenvalue weighted by atomic mass is 79.9. The molecule has 1 aromatic carbocycles. The Morgan fingerprint density at radius 1 is 1.14 bits per heavy atom. The highest BCUT2D eigenvalue weighted by molar-refractivity contribution is 9.10. The number of benzene rings is 1. The first-order chi connectivity index (χ1) is 14.0. The van der Waals surface area contributed by atoms with E-state index in [4.69, 9.17) is 0 Å². The van der Waals surface area contributed by atoms with Gasteiger partial charge in [0, 0.05) is 20.7 Å². The van der Waals surface area contributed by atoms with Gasteiger partial charge in [-0.3, -0.25) is 0 Å². The molecule has 1 aliphatic rings. The van der Waals surface area contributed by atoms with Crippen LogP contribution in [0.5, 0.6) is 0 Å². The van der Waals surface area contributed by atoms with Crippen molar-refractivity contribution in [1.29, 1.82) is 10.5 Å². The molecule has 3 aromatic rings. The summed E-state index contributed by atoms with van der Waals surface area (Å²) in [4.78, 5) is 1.36. The number of thiophene rings is 1. The zero-order valence-corrected chi connectivity index (χ0v) is 18.8. The van der Waals surface area contributed by atoms with Gasteiger partial charge in [-0.2, -0.15) is 10.5 Å². The Balaban J connectivity index is 1.82. The van der Waals surface area contributed by atoms with Crippen LogP contribution in [0.2, 0.25) is 0 Å². The van der Waals surface area contributed by atoms with Crippen LogP contribution >= 0.6 is 27.3 Å². The summed E-state index contributed by atoms with van der Waals surface area (Å²) in [5.41, 5.74) is 6.75. The molecule has 0 radical (unpaired) electrons. The van der Waals surface area contributed by atoms with Gasteiger partial charge in [0.05, 0.1) is 17.2 Å². The minimum absolute atomic E-state index is 0.628. The first-order valence-corrected chi connectivity index (χ1v) is 11.3. The Morgan fingerprint density at radius 2 is 1.86 bits per heavy atom. The summed E-state index contributed by atoms with van der Waals surface area (Å²) in [6, 6.07) is 14.7. The molecule has 0 aliphatic heterocycles. The number of fused-ring (bicyclic) bond motifs is 1. The monoisotopic (exact) mass is 461 g/mol. The standard InChI is InChI=1S/C24H20BrN3S/c1-15-11-18(12-19(13-26)17-7-9-20(25)10-8-17)16(2)28(15)24-22(14-27)21-5-3-4-6-23(21)29-24/h7-12H,3-6H2,1-2H3/b19-12-. The predicted octanol–water partition coefficient (Wildman–Crippen LogP) is 6.73. The lowest BCUT2D eigenvalue weighted by atomic mass is 9.96. The highest BCUT2D eigenvalue weighted by Crippen LogP contribution is 2.38. The van der Waals surface area contributed by atoms with E-state index in [1.807, 2.05) is 30.3 Å². The Hall–Kier alpha value is -2.60. The van der Waals surface area contributed by atoms with Crippen LogP contribution in [-0.4, -0.2) is 4.57 Å². The minimum atomic E-state index is 0.628. The maximum absolute atomic E-state index is 9.85. The van der Waals surface area contributed by atoms with Gasteiger partial charge in [-0.25, -0.2) is 0 Å². The van der Waals surface area contributed by atoms with Crippen molar-refractivity contribution in [3.8, 4) is 17.1 Å². The van der Waals surface area contributed by atoms with Gasteiger partial charge in [0.1, 0.15) is 11.1 Å². The molecule has 0 saturated carbocycles. The second-order valence-corrected chi connectivity index (χ2v) is 9.34. The zero-order chi connectivity index (χ0) is 20.5. The van der Waals surface area contributed by atoms with Crippen molar-refractivity contribution in [3.05, 3.63) is 73.3 Å². The van der Waals surface area contributed by atoms with Crippen molar-refractivity contribution in [2.75, 3.05) is 0 Å². The average molecular weight is 462 g/mol. The molecule has 0 unspecified atom stereocenters. The van der Waals surface area contributed by atoms with Crippen molar-refractivity contribution < 1.29 is 0 Å². The zero-order valence-electron chi connectivity index (χ0n) is 16.4. The molecule has 4 rings (SSSR count). The van der Waals surface area contributed by atoms with Gasteiger partial charge in [0.2, 0.25) is 0 Å². The number of hydrogen-bond acceptors (Lipinski definition) is 3. The fraction of sp³-hybridized carbons (Fsp3) is 0.250. The van der Waals surface area contributed by atoms with Crippen LogP contribution in [0.1, 0.15) is 51.4 Å². The van der Waals surface area contributed by atoms with Gasteiger partial charge in [0.25, 0.3) is 0 Å². The molecule has 29 heavy (non-hydrogen) atoms. The summed E-state index contributed by atoms with van der Waals surface area (Å²) in [7, 11) is 0. The molecule has 3 nitrogen and oxygen atoms in total. The number of halogens is 1. The number of hydrogen-bond donors (Lipinski definition) is 0. The van der Waals surface area contributed by atoms with Gasteiger partial charge < -0.3 is 4.57 Å². The van der Waals surface area contributed by atoms with E-state index in [1.54, 1.807) is 11.3 Å². The molecule has 0 atom stereocenters. The van der Waals surface area contributed by atoms with Crippen molar-refractivity contribution in [3.63, 3.8) is 0 Å². The molecule has 144 valence electrons. The first-order valence-electron chi connectivity index (χ1n) is 9.65. The van der Waals surface area contributed by atoms with E-state index >= 15 is 0 Å². The third-order valence-corrected chi connectivity index (χ3v) is 7.32. The highest BCUT2D eigenvalue weighted by Gasteiger charge is 2.23. The van der Waals surface area contributed by atoms with Gasteiger partial charge in [-0.05, 0) is 80.5 Å². The predicted molar refractivity (Wildman–Crippen MR) is 122 cm³/mol. The van der Waals surface area contributed by atoms with Crippen LogP contribution in [-0.2, 0) is 12.8 Å². The van der Waals surface area contributed by atoms with Crippen molar-refractivity contribution in [2.45, 2.75) is 39.5 Å². The summed E-state index contributed by atoms with van der Waals surface area (Å²) in [5, 5.41) is 20.6. The van der Waals surface area contributed by atoms with Crippen LogP contribution in [0.25, 0.3) is 16.7 Å². The number of rotatable bonds is 3. The molecule has 0 fully saturated rings. The van der Waals surface area contributed by atoms with Crippen molar-refractivity contribution in [1.82, 2.24) is 4.57 Å². The average Bonchev–Trinajstić information content (AvgIpc) is 3.22. The van der Waals surface area contributed by atoms with Gasteiger partial charge in [0.15, 0.2) is 0 Å². The smallest absolute Gasteiger partial charge is 0.118 e. The van der Waals surface area contributed by atoms with E-state index in [9.17, 15) is 10.5 Å². The number of aromatic nitrogens is 1. The fourth-order valence-corrected chi connectivity index (χ4v) is 5.75. The van der Waals surface area contributed by atoms with E-state index in [2.05, 4.69) is 52.5 Å². The molecule has 5 heteroatoms. The Labute approximate surface area is 183 Å². The maximum atomic E-state index is 9.85. The summed E-state index contributed by atoms with van der Waals surface area (Å²) < 4.78 is 3.17. The van der Waals surface area contributed by atoms with Crippen molar-refractivity contribution in [2.24, 2.45) is 0 Å². The third kappa shape index (κ3) is 3.57. The molecule has 0 spiro atoms. The lowest BCUT2D eigenvalue weighted by Gasteiger charge is -2.10. The third-order valence-electron chi connectivity index (χ3n) is 5.51. The van der Waals surface area contributed by atoms with Crippen LogP contribution in [0.15, 0.2) is 34.8 Å². The number of allylic oxidation sites excluding steroid dienone is 1. The van der Waals surface area contributed by atoms with Crippen LogP contribution < -0.4 is 0 Å². The SMILES string of the molecule is Cc1cc(/C=C(/C#N)c2ccc(Br)cc2)c(C)n1-c1sc2c(c1C#N)CCCC2. The van der Waals surface area contributed by atoms with Crippen LogP contribution in [0.4, 0.5) is 0 Å². The minimum Gasteiger partial charge on any atom is -0.308 e.